The van der Waals surface area contributed by atoms with E-state index in [4.69, 9.17) is 5.73 Å². The van der Waals surface area contributed by atoms with Crippen molar-refractivity contribution >= 4 is 0 Å². The van der Waals surface area contributed by atoms with Crippen molar-refractivity contribution in [1.82, 2.24) is 9.78 Å². The summed E-state index contributed by atoms with van der Waals surface area (Å²) in [4.78, 5) is 0. The summed E-state index contributed by atoms with van der Waals surface area (Å²) in [5, 5.41) is 4.13. The van der Waals surface area contributed by atoms with E-state index >= 15 is 0 Å². The molecular weight excluding hydrogens is 138 g/mol. The maximum atomic E-state index is 5.68. The van der Waals surface area contributed by atoms with Gasteiger partial charge in [0.25, 0.3) is 0 Å². The van der Waals surface area contributed by atoms with Gasteiger partial charge in [-0.2, -0.15) is 5.10 Å². The fourth-order valence-corrected chi connectivity index (χ4v) is 1.17. The summed E-state index contributed by atoms with van der Waals surface area (Å²) in [6.45, 7) is 4.07. The second kappa shape index (κ2) is 3.05. The molecule has 0 spiro atoms. The van der Waals surface area contributed by atoms with Gasteiger partial charge in [0.2, 0.25) is 0 Å². The first-order valence-electron chi connectivity index (χ1n) is 3.84. The maximum absolute atomic E-state index is 5.68. The van der Waals surface area contributed by atoms with Gasteiger partial charge in [-0.05, 0) is 19.4 Å². The minimum atomic E-state index is 0.212. The van der Waals surface area contributed by atoms with Gasteiger partial charge < -0.3 is 5.73 Å². The number of aromatic nitrogens is 2. The Balaban J connectivity index is 2.83. The van der Waals surface area contributed by atoms with Gasteiger partial charge in [0, 0.05) is 25.2 Å². The number of nitrogens with two attached hydrogens (primary N) is 1. The molecule has 0 saturated heterocycles. The lowest BCUT2D eigenvalue weighted by Crippen LogP contribution is -2.20. The van der Waals surface area contributed by atoms with Crippen molar-refractivity contribution in [2.75, 3.05) is 0 Å². The Morgan fingerprint density at radius 3 is 2.73 bits per heavy atom. The quantitative estimate of drug-likeness (QED) is 0.676. The molecule has 0 saturated carbocycles. The first-order chi connectivity index (χ1) is 5.11. The molecule has 2 N–H and O–H groups in total. The fourth-order valence-electron chi connectivity index (χ4n) is 1.17. The monoisotopic (exact) mass is 153 g/mol. The predicted molar refractivity (Wildman–Crippen MR) is 45.3 cm³/mol. The summed E-state index contributed by atoms with van der Waals surface area (Å²) in [5.74, 6) is 0. The molecule has 0 aromatic carbocycles. The summed E-state index contributed by atoms with van der Waals surface area (Å²) >= 11 is 0. The minimum absolute atomic E-state index is 0.212. The van der Waals surface area contributed by atoms with Gasteiger partial charge in [0.1, 0.15) is 0 Å². The number of nitrogens with zero attached hydrogens (tertiary/aromatic N) is 2. The molecule has 1 aromatic heterocycles. The first kappa shape index (κ1) is 8.27. The largest absolute Gasteiger partial charge is 0.328 e. The molecule has 0 fully saturated rings. The zero-order valence-electron chi connectivity index (χ0n) is 7.33. The van der Waals surface area contributed by atoms with Crippen molar-refractivity contribution in [2.24, 2.45) is 12.8 Å². The first-order valence-corrected chi connectivity index (χ1v) is 3.84. The van der Waals surface area contributed by atoms with Gasteiger partial charge in [0.15, 0.2) is 0 Å². The molecule has 0 aliphatic heterocycles. The third-order valence-electron chi connectivity index (χ3n) is 1.79. The Morgan fingerprint density at radius 1 is 1.73 bits per heavy atom. The summed E-state index contributed by atoms with van der Waals surface area (Å²) in [6.07, 6.45) is 2.78. The van der Waals surface area contributed by atoms with Crippen LogP contribution in [0.3, 0.4) is 0 Å². The summed E-state index contributed by atoms with van der Waals surface area (Å²) in [7, 11) is 1.95. The van der Waals surface area contributed by atoms with E-state index in [1.807, 2.05) is 24.9 Å². The molecule has 0 aliphatic rings. The van der Waals surface area contributed by atoms with E-state index in [1.165, 1.54) is 11.3 Å². The fraction of sp³-hybridized carbons (Fsp3) is 0.625. The van der Waals surface area contributed by atoms with Crippen LogP contribution in [0.5, 0.6) is 0 Å². The van der Waals surface area contributed by atoms with Crippen LogP contribution >= 0.6 is 0 Å². The van der Waals surface area contributed by atoms with Gasteiger partial charge in [-0.1, -0.05) is 0 Å². The standard InChI is InChI=1S/C8H15N3/c1-6-5-10-11(3)8(6)4-7(2)9/h5,7H,4,9H2,1-3H3. The Labute approximate surface area is 67.2 Å². The highest BCUT2D eigenvalue weighted by Crippen LogP contribution is 2.06. The molecule has 11 heavy (non-hydrogen) atoms. The van der Waals surface area contributed by atoms with E-state index in [0.717, 1.165) is 6.42 Å². The molecule has 1 atom stereocenters. The second-order valence-electron chi connectivity index (χ2n) is 3.08. The Morgan fingerprint density at radius 2 is 2.36 bits per heavy atom. The van der Waals surface area contributed by atoms with E-state index in [0.29, 0.717) is 0 Å². The van der Waals surface area contributed by atoms with E-state index in [9.17, 15) is 0 Å². The molecule has 0 amide bonds. The molecule has 0 bridgehead atoms. The molecule has 0 radical (unpaired) electrons. The summed E-state index contributed by atoms with van der Waals surface area (Å²) in [5.41, 5.74) is 8.14. The van der Waals surface area contributed by atoms with Crippen LogP contribution in [-0.2, 0) is 13.5 Å². The lowest BCUT2D eigenvalue weighted by atomic mass is 10.1. The average Bonchev–Trinajstić information content (AvgIpc) is 2.18. The normalized spacial score (nSPS) is 13.5. The van der Waals surface area contributed by atoms with E-state index < -0.39 is 0 Å². The van der Waals surface area contributed by atoms with Crippen LogP contribution in [-0.4, -0.2) is 15.8 Å². The third-order valence-corrected chi connectivity index (χ3v) is 1.79. The van der Waals surface area contributed by atoms with Crippen molar-refractivity contribution in [3.63, 3.8) is 0 Å². The Kier molecular flexibility index (Phi) is 2.29. The maximum Gasteiger partial charge on any atom is 0.0521 e. The molecule has 3 nitrogen and oxygen atoms in total. The van der Waals surface area contributed by atoms with Crippen LogP contribution in [0.25, 0.3) is 0 Å². The lowest BCUT2D eigenvalue weighted by molar-refractivity contribution is 0.648. The summed E-state index contributed by atoms with van der Waals surface area (Å²) < 4.78 is 1.89. The number of rotatable bonds is 2. The van der Waals surface area contributed by atoms with Crippen molar-refractivity contribution < 1.29 is 0 Å². The van der Waals surface area contributed by atoms with Crippen LogP contribution in [0.15, 0.2) is 6.20 Å². The lowest BCUT2D eigenvalue weighted by Gasteiger charge is -2.06. The van der Waals surface area contributed by atoms with Gasteiger partial charge in [-0.25, -0.2) is 0 Å². The van der Waals surface area contributed by atoms with Crippen LogP contribution in [0.2, 0.25) is 0 Å². The van der Waals surface area contributed by atoms with Crippen molar-refractivity contribution in [3.05, 3.63) is 17.5 Å². The molecule has 1 heterocycles. The predicted octanol–water partition coefficient (Wildman–Crippen LogP) is 0.618. The molecule has 62 valence electrons. The zero-order valence-corrected chi connectivity index (χ0v) is 7.33. The highest BCUT2D eigenvalue weighted by Gasteiger charge is 2.05. The van der Waals surface area contributed by atoms with Crippen molar-refractivity contribution in [2.45, 2.75) is 26.3 Å². The van der Waals surface area contributed by atoms with Crippen LogP contribution < -0.4 is 5.73 Å². The second-order valence-corrected chi connectivity index (χ2v) is 3.08. The molecule has 1 aromatic rings. The number of hydrogen-bond donors (Lipinski definition) is 1. The molecule has 1 rings (SSSR count). The molecule has 0 aliphatic carbocycles. The highest BCUT2D eigenvalue weighted by atomic mass is 15.3. The highest BCUT2D eigenvalue weighted by molar-refractivity contribution is 5.16. The number of hydrogen-bond acceptors (Lipinski definition) is 2. The molecule has 3 heteroatoms. The Bertz CT molecular complexity index is 218. The van der Waals surface area contributed by atoms with Crippen LogP contribution in [0.1, 0.15) is 18.2 Å². The van der Waals surface area contributed by atoms with Gasteiger partial charge in [-0.3, -0.25) is 4.68 Å². The van der Waals surface area contributed by atoms with Gasteiger partial charge >= 0.3 is 0 Å². The van der Waals surface area contributed by atoms with Gasteiger partial charge in [-0.15, -0.1) is 0 Å². The van der Waals surface area contributed by atoms with E-state index in [1.54, 1.807) is 0 Å². The minimum Gasteiger partial charge on any atom is -0.328 e. The summed E-state index contributed by atoms with van der Waals surface area (Å²) in [6, 6.07) is 0.212. The molecular formula is C8H15N3. The number of aryl methyl sites for hydroxylation is 2. The third kappa shape index (κ3) is 1.80. The van der Waals surface area contributed by atoms with Crippen molar-refractivity contribution in [3.8, 4) is 0 Å². The average molecular weight is 153 g/mol. The molecule has 1 unspecified atom stereocenters. The smallest absolute Gasteiger partial charge is 0.0521 e. The topological polar surface area (TPSA) is 43.8 Å². The Hall–Kier alpha value is -0.830. The van der Waals surface area contributed by atoms with Gasteiger partial charge in [0.05, 0.1) is 6.20 Å². The zero-order chi connectivity index (χ0) is 8.43. The van der Waals surface area contributed by atoms with E-state index in [2.05, 4.69) is 12.0 Å². The van der Waals surface area contributed by atoms with Crippen LogP contribution in [0, 0.1) is 6.92 Å². The SMILES string of the molecule is Cc1cnn(C)c1CC(C)N. The van der Waals surface area contributed by atoms with Crippen molar-refractivity contribution in [1.29, 1.82) is 0 Å². The van der Waals surface area contributed by atoms with E-state index in [-0.39, 0.29) is 6.04 Å². The van der Waals surface area contributed by atoms with Crippen LogP contribution in [0.4, 0.5) is 0 Å².